The molecular formula is C17H11Cl2FN4O. The monoisotopic (exact) mass is 376 g/mol. The number of aromatic nitrogens is 2. The van der Waals surface area contributed by atoms with E-state index in [2.05, 4.69) is 9.97 Å². The molecule has 1 aromatic heterocycles. The first-order valence-electron chi connectivity index (χ1n) is 7.32. The summed E-state index contributed by atoms with van der Waals surface area (Å²) in [7, 11) is 0. The number of amidine groups is 1. The van der Waals surface area contributed by atoms with Crippen LogP contribution in [0.5, 0.6) is 0 Å². The number of fused-ring (bicyclic) bond motifs is 1. The van der Waals surface area contributed by atoms with Gasteiger partial charge in [-0.1, -0.05) is 23.2 Å². The highest BCUT2D eigenvalue weighted by atomic mass is 35.5. The number of aliphatic hydroxyl groups excluding tert-OH is 1. The first-order valence-corrected chi connectivity index (χ1v) is 8.08. The van der Waals surface area contributed by atoms with E-state index in [-0.39, 0.29) is 23.7 Å². The molecule has 25 heavy (non-hydrogen) atoms. The number of H-pyrrole nitrogens is 1. The lowest BCUT2D eigenvalue weighted by molar-refractivity contribution is 0.411. The largest absolute Gasteiger partial charge is 0.509 e. The van der Waals surface area contributed by atoms with Gasteiger partial charge in [0.05, 0.1) is 23.2 Å². The molecule has 4 rings (SSSR count). The molecule has 0 amide bonds. The number of rotatable bonds is 2. The SMILES string of the molecule is N=C1C(c2nc3ccc(F)cc3[nH]2)=C(O)CN1c1cc(Cl)cc(Cl)c1. The van der Waals surface area contributed by atoms with E-state index in [1.54, 1.807) is 23.1 Å². The van der Waals surface area contributed by atoms with Crippen molar-refractivity contribution < 1.29 is 9.50 Å². The minimum atomic E-state index is -0.391. The molecule has 3 aromatic rings. The lowest BCUT2D eigenvalue weighted by Crippen LogP contribution is -2.26. The van der Waals surface area contributed by atoms with Gasteiger partial charge < -0.3 is 15.0 Å². The number of hydrogen-bond donors (Lipinski definition) is 3. The van der Waals surface area contributed by atoms with Crippen LogP contribution in [-0.4, -0.2) is 27.5 Å². The molecule has 0 saturated carbocycles. The van der Waals surface area contributed by atoms with Crippen LogP contribution in [0.1, 0.15) is 5.82 Å². The molecule has 1 aliphatic heterocycles. The third kappa shape index (κ3) is 2.73. The van der Waals surface area contributed by atoms with Crippen LogP contribution < -0.4 is 4.90 Å². The predicted octanol–water partition coefficient (Wildman–Crippen LogP) is 4.78. The van der Waals surface area contributed by atoms with Crippen LogP contribution in [0.15, 0.2) is 42.2 Å². The van der Waals surface area contributed by atoms with E-state index < -0.39 is 5.82 Å². The zero-order valence-electron chi connectivity index (χ0n) is 12.6. The molecule has 0 fully saturated rings. The molecule has 5 nitrogen and oxygen atoms in total. The number of nitrogens with one attached hydrogen (secondary N) is 2. The van der Waals surface area contributed by atoms with Gasteiger partial charge in [-0.05, 0) is 36.4 Å². The quantitative estimate of drug-likeness (QED) is 0.602. The Bertz CT molecular complexity index is 1040. The minimum absolute atomic E-state index is 0.0133. The standard InChI is InChI=1S/C17H11Cl2FN4O/c18-8-3-9(19)5-11(4-8)24-7-14(25)15(16(24)21)17-22-12-2-1-10(20)6-13(12)23-17/h1-6,21,25H,7H2,(H,22,23). The fourth-order valence-electron chi connectivity index (χ4n) is 2.84. The third-order valence-corrected chi connectivity index (χ3v) is 4.38. The number of aromatic amines is 1. The summed E-state index contributed by atoms with van der Waals surface area (Å²) in [6, 6.07) is 9.07. The second-order valence-corrected chi connectivity index (χ2v) is 6.50. The van der Waals surface area contributed by atoms with Gasteiger partial charge in [0, 0.05) is 15.7 Å². The van der Waals surface area contributed by atoms with Crippen molar-refractivity contribution in [3.63, 3.8) is 0 Å². The Kier molecular flexibility index (Phi) is 3.67. The van der Waals surface area contributed by atoms with Gasteiger partial charge in [-0.3, -0.25) is 5.41 Å². The first kappa shape index (κ1) is 15.9. The molecule has 0 bridgehead atoms. The van der Waals surface area contributed by atoms with Gasteiger partial charge in [0.15, 0.2) is 0 Å². The third-order valence-electron chi connectivity index (χ3n) is 3.94. The number of imidazole rings is 1. The molecular weight excluding hydrogens is 366 g/mol. The Labute approximate surface area is 151 Å². The molecule has 0 unspecified atom stereocenters. The Morgan fingerprint density at radius 3 is 2.60 bits per heavy atom. The zero-order chi connectivity index (χ0) is 17.7. The lowest BCUT2D eigenvalue weighted by Gasteiger charge is -2.19. The molecule has 0 aliphatic carbocycles. The molecule has 0 radical (unpaired) electrons. The van der Waals surface area contributed by atoms with Crippen molar-refractivity contribution >= 4 is 51.3 Å². The van der Waals surface area contributed by atoms with Crippen LogP contribution in [0, 0.1) is 11.2 Å². The normalized spacial score (nSPS) is 14.8. The molecule has 3 N–H and O–H groups in total. The van der Waals surface area contributed by atoms with Crippen LogP contribution >= 0.6 is 23.2 Å². The highest BCUT2D eigenvalue weighted by Crippen LogP contribution is 2.33. The Morgan fingerprint density at radius 2 is 1.88 bits per heavy atom. The molecule has 1 aliphatic rings. The number of anilines is 1. The molecule has 8 heteroatoms. The Hall–Kier alpha value is -2.57. The van der Waals surface area contributed by atoms with Gasteiger partial charge in [-0.25, -0.2) is 9.37 Å². The summed E-state index contributed by atoms with van der Waals surface area (Å²) in [6.45, 7) is 0.0935. The van der Waals surface area contributed by atoms with E-state index in [0.29, 0.717) is 32.6 Å². The van der Waals surface area contributed by atoms with Crippen LogP contribution in [0.25, 0.3) is 16.6 Å². The number of hydrogen-bond acceptors (Lipinski definition) is 3. The van der Waals surface area contributed by atoms with Crippen molar-refractivity contribution in [2.45, 2.75) is 0 Å². The maximum Gasteiger partial charge on any atom is 0.145 e. The zero-order valence-corrected chi connectivity index (χ0v) is 14.2. The average Bonchev–Trinajstić information content (AvgIpc) is 3.06. The number of benzene rings is 2. The van der Waals surface area contributed by atoms with Crippen molar-refractivity contribution in [2.24, 2.45) is 0 Å². The van der Waals surface area contributed by atoms with Crippen LogP contribution in [-0.2, 0) is 0 Å². The van der Waals surface area contributed by atoms with E-state index >= 15 is 0 Å². The summed E-state index contributed by atoms with van der Waals surface area (Å²) in [4.78, 5) is 8.85. The Morgan fingerprint density at radius 1 is 1.16 bits per heavy atom. The van der Waals surface area contributed by atoms with Crippen LogP contribution in [0.3, 0.4) is 0 Å². The second-order valence-electron chi connectivity index (χ2n) is 5.63. The van der Waals surface area contributed by atoms with Crippen molar-refractivity contribution in [1.29, 1.82) is 5.41 Å². The van der Waals surface area contributed by atoms with Crippen molar-refractivity contribution in [2.75, 3.05) is 11.4 Å². The van der Waals surface area contributed by atoms with E-state index in [1.165, 1.54) is 18.2 Å². The fraction of sp³-hybridized carbons (Fsp3) is 0.0588. The molecule has 0 atom stereocenters. The molecule has 126 valence electrons. The van der Waals surface area contributed by atoms with Crippen molar-refractivity contribution in [3.05, 3.63) is 63.8 Å². The van der Waals surface area contributed by atoms with Gasteiger partial charge in [-0.2, -0.15) is 0 Å². The molecule has 2 heterocycles. The first-order chi connectivity index (χ1) is 11.9. The Balaban J connectivity index is 1.74. The van der Waals surface area contributed by atoms with E-state index in [1.807, 2.05) is 0 Å². The van der Waals surface area contributed by atoms with Gasteiger partial charge >= 0.3 is 0 Å². The number of nitrogens with zero attached hydrogens (tertiary/aromatic N) is 2. The van der Waals surface area contributed by atoms with Crippen molar-refractivity contribution in [3.8, 4) is 0 Å². The van der Waals surface area contributed by atoms with Crippen LogP contribution in [0.4, 0.5) is 10.1 Å². The van der Waals surface area contributed by atoms with Gasteiger partial charge in [0.1, 0.15) is 23.2 Å². The molecule has 2 aromatic carbocycles. The van der Waals surface area contributed by atoms with Crippen LogP contribution in [0.2, 0.25) is 10.0 Å². The van der Waals surface area contributed by atoms with Gasteiger partial charge in [0.2, 0.25) is 0 Å². The highest BCUT2D eigenvalue weighted by Gasteiger charge is 2.31. The second kappa shape index (κ2) is 5.75. The summed E-state index contributed by atoms with van der Waals surface area (Å²) < 4.78 is 13.4. The van der Waals surface area contributed by atoms with Crippen molar-refractivity contribution in [1.82, 2.24) is 9.97 Å². The summed E-state index contributed by atoms with van der Waals surface area (Å²) >= 11 is 12.0. The average molecular weight is 377 g/mol. The van der Waals surface area contributed by atoms with E-state index in [0.717, 1.165) is 0 Å². The summed E-state index contributed by atoms with van der Waals surface area (Å²) in [5, 5.41) is 19.6. The molecule has 0 spiro atoms. The predicted molar refractivity (Wildman–Crippen MR) is 97.1 cm³/mol. The van der Waals surface area contributed by atoms with Gasteiger partial charge in [0.25, 0.3) is 0 Å². The van der Waals surface area contributed by atoms with Gasteiger partial charge in [-0.15, -0.1) is 0 Å². The lowest BCUT2D eigenvalue weighted by atomic mass is 10.2. The number of halogens is 3. The number of aliphatic hydroxyl groups is 1. The highest BCUT2D eigenvalue weighted by molar-refractivity contribution is 6.36. The minimum Gasteiger partial charge on any atom is -0.509 e. The summed E-state index contributed by atoms with van der Waals surface area (Å²) in [5.41, 5.74) is 1.89. The molecule has 0 saturated heterocycles. The fourth-order valence-corrected chi connectivity index (χ4v) is 3.36. The summed E-state index contributed by atoms with van der Waals surface area (Å²) in [5.74, 6) is -0.0488. The summed E-state index contributed by atoms with van der Waals surface area (Å²) in [6.07, 6.45) is 0. The van der Waals surface area contributed by atoms with E-state index in [9.17, 15) is 9.50 Å². The smallest absolute Gasteiger partial charge is 0.145 e. The maximum absolute atomic E-state index is 13.4. The van der Waals surface area contributed by atoms with E-state index in [4.69, 9.17) is 28.6 Å². The topological polar surface area (TPSA) is 76.0 Å². The maximum atomic E-state index is 13.4.